The van der Waals surface area contributed by atoms with Gasteiger partial charge in [-0.3, -0.25) is 9.89 Å². The third-order valence-corrected chi connectivity index (χ3v) is 2.75. The van der Waals surface area contributed by atoms with E-state index in [4.69, 9.17) is 0 Å². The van der Waals surface area contributed by atoms with E-state index in [0.717, 1.165) is 0 Å². The first-order valence-corrected chi connectivity index (χ1v) is 5.62. The SMILES string of the molecule is Cc1n[nH]c(C)c1C(=O)NCc1ccccc1F. The van der Waals surface area contributed by atoms with Gasteiger partial charge in [-0.1, -0.05) is 18.2 Å². The molecule has 0 saturated heterocycles. The molecule has 0 atom stereocenters. The highest BCUT2D eigenvalue weighted by atomic mass is 19.1. The van der Waals surface area contributed by atoms with Crippen LogP contribution in [0.4, 0.5) is 4.39 Å². The molecule has 18 heavy (non-hydrogen) atoms. The standard InChI is InChI=1S/C13H14FN3O/c1-8-12(9(2)17-16-8)13(18)15-7-10-5-3-4-6-11(10)14/h3-6H,7H2,1-2H3,(H,15,18)(H,16,17). The number of halogens is 1. The van der Waals surface area contributed by atoms with Gasteiger partial charge in [0.1, 0.15) is 5.82 Å². The van der Waals surface area contributed by atoms with Gasteiger partial charge in [0.2, 0.25) is 0 Å². The predicted molar refractivity (Wildman–Crippen MR) is 65.6 cm³/mol. The van der Waals surface area contributed by atoms with Crippen molar-refractivity contribution in [3.05, 3.63) is 52.6 Å². The summed E-state index contributed by atoms with van der Waals surface area (Å²) in [5.41, 5.74) is 2.33. The molecule has 0 aliphatic heterocycles. The molecule has 0 aliphatic carbocycles. The summed E-state index contributed by atoms with van der Waals surface area (Å²) in [7, 11) is 0. The third-order valence-electron chi connectivity index (χ3n) is 2.75. The fourth-order valence-electron chi connectivity index (χ4n) is 1.79. The average Bonchev–Trinajstić information content (AvgIpc) is 2.68. The molecular formula is C13H14FN3O. The first-order valence-electron chi connectivity index (χ1n) is 5.62. The summed E-state index contributed by atoms with van der Waals surface area (Å²) >= 11 is 0. The summed E-state index contributed by atoms with van der Waals surface area (Å²) in [6.07, 6.45) is 0. The molecule has 0 fully saturated rings. The van der Waals surface area contributed by atoms with Gasteiger partial charge in [0.25, 0.3) is 5.91 Å². The zero-order valence-electron chi connectivity index (χ0n) is 10.2. The lowest BCUT2D eigenvalue weighted by Crippen LogP contribution is -2.24. The maximum Gasteiger partial charge on any atom is 0.255 e. The van der Waals surface area contributed by atoms with Crippen LogP contribution in [0.25, 0.3) is 0 Å². The molecule has 94 valence electrons. The Morgan fingerprint density at radius 1 is 1.39 bits per heavy atom. The van der Waals surface area contributed by atoms with Crippen LogP contribution < -0.4 is 5.32 Å². The number of carbonyl (C=O) groups is 1. The second-order valence-corrected chi connectivity index (χ2v) is 4.08. The van der Waals surface area contributed by atoms with E-state index in [9.17, 15) is 9.18 Å². The molecule has 1 amide bonds. The molecule has 5 heteroatoms. The molecule has 0 saturated carbocycles. The number of nitrogens with zero attached hydrogens (tertiary/aromatic N) is 1. The van der Waals surface area contributed by atoms with Crippen LogP contribution in [0.1, 0.15) is 27.3 Å². The van der Waals surface area contributed by atoms with Crippen molar-refractivity contribution in [1.82, 2.24) is 15.5 Å². The van der Waals surface area contributed by atoms with Crippen LogP contribution in [0.15, 0.2) is 24.3 Å². The van der Waals surface area contributed by atoms with Crippen molar-refractivity contribution in [1.29, 1.82) is 0 Å². The zero-order chi connectivity index (χ0) is 13.1. The lowest BCUT2D eigenvalue weighted by molar-refractivity contribution is 0.0949. The number of aryl methyl sites for hydroxylation is 2. The van der Waals surface area contributed by atoms with Gasteiger partial charge in [0.15, 0.2) is 0 Å². The second-order valence-electron chi connectivity index (χ2n) is 4.08. The van der Waals surface area contributed by atoms with E-state index in [2.05, 4.69) is 15.5 Å². The number of amides is 1. The Morgan fingerprint density at radius 3 is 2.72 bits per heavy atom. The van der Waals surface area contributed by atoms with Gasteiger partial charge in [-0.25, -0.2) is 4.39 Å². The molecule has 0 aliphatic rings. The van der Waals surface area contributed by atoms with E-state index >= 15 is 0 Å². The maximum atomic E-state index is 13.4. The number of benzene rings is 1. The molecule has 2 aromatic rings. The van der Waals surface area contributed by atoms with Crippen LogP contribution in [0, 0.1) is 19.7 Å². The van der Waals surface area contributed by atoms with E-state index in [-0.39, 0.29) is 18.3 Å². The summed E-state index contributed by atoms with van der Waals surface area (Å²) in [6, 6.07) is 6.37. The van der Waals surface area contributed by atoms with Crippen molar-refractivity contribution in [2.45, 2.75) is 20.4 Å². The molecule has 2 rings (SSSR count). The minimum absolute atomic E-state index is 0.162. The second kappa shape index (κ2) is 5.00. The van der Waals surface area contributed by atoms with E-state index in [1.165, 1.54) is 6.07 Å². The molecule has 2 N–H and O–H groups in total. The molecule has 0 spiro atoms. The molecule has 4 nitrogen and oxygen atoms in total. The first kappa shape index (κ1) is 12.3. The third kappa shape index (κ3) is 2.40. The highest BCUT2D eigenvalue weighted by Crippen LogP contribution is 2.10. The molecule has 0 radical (unpaired) electrons. The smallest absolute Gasteiger partial charge is 0.255 e. The molecule has 1 aromatic carbocycles. The molecule has 0 bridgehead atoms. The molecule has 0 unspecified atom stereocenters. The summed E-state index contributed by atoms with van der Waals surface area (Å²) < 4.78 is 13.4. The van der Waals surface area contributed by atoms with Crippen molar-refractivity contribution in [3.63, 3.8) is 0 Å². The Morgan fingerprint density at radius 2 is 2.11 bits per heavy atom. The van der Waals surface area contributed by atoms with Crippen molar-refractivity contribution in [2.24, 2.45) is 0 Å². The van der Waals surface area contributed by atoms with Gasteiger partial charge in [-0.2, -0.15) is 5.10 Å². The van der Waals surface area contributed by atoms with E-state index in [0.29, 0.717) is 22.5 Å². The van der Waals surface area contributed by atoms with Crippen molar-refractivity contribution < 1.29 is 9.18 Å². The van der Waals surface area contributed by atoms with E-state index < -0.39 is 0 Å². The van der Waals surface area contributed by atoms with Crippen LogP contribution in [0.3, 0.4) is 0 Å². The normalized spacial score (nSPS) is 10.4. The Bertz CT molecular complexity index is 558. The fourth-order valence-corrected chi connectivity index (χ4v) is 1.79. The quantitative estimate of drug-likeness (QED) is 0.872. The lowest BCUT2D eigenvalue weighted by Gasteiger charge is -2.06. The van der Waals surface area contributed by atoms with Crippen LogP contribution in [0.5, 0.6) is 0 Å². The fraction of sp³-hybridized carbons (Fsp3) is 0.231. The Kier molecular flexibility index (Phi) is 3.41. The van der Waals surface area contributed by atoms with Gasteiger partial charge in [-0.15, -0.1) is 0 Å². The van der Waals surface area contributed by atoms with Crippen LogP contribution in [0.2, 0.25) is 0 Å². The highest BCUT2D eigenvalue weighted by molar-refractivity contribution is 5.96. The van der Waals surface area contributed by atoms with Crippen LogP contribution in [-0.4, -0.2) is 16.1 Å². The van der Waals surface area contributed by atoms with E-state index in [1.54, 1.807) is 32.0 Å². The number of aromatic amines is 1. The summed E-state index contributed by atoms with van der Waals surface area (Å²) in [5, 5.41) is 9.38. The molecular weight excluding hydrogens is 233 g/mol. The largest absolute Gasteiger partial charge is 0.348 e. The predicted octanol–water partition coefficient (Wildman–Crippen LogP) is 2.10. The van der Waals surface area contributed by atoms with E-state index in [1.807, 2.05) is 0 Å². The topological polar surface area (TPSA) is 57.8 Å². The van der Waals surface area contributed by atoms with Gasteiger partial charge >= 0.3 is 0 Å². The van der Waals surface area contributed by atoms with Crippen molar-refractivity contribution in [3.8, 4) is 0 Å². The van der Waals surface area contributed by atoms with Gasteiger partial charge in [-0.05, 0) is 19.9 Å². The summed E-state index contributed by atoms with van der Waals surface area (Å²) in [5.74, 6) is -0.569. The maximum absolute atomic E-state index is 13.4. The first-order chi connectivity index (χ1) is 8.59. The Balaban J connectivity index is 2.08. The summed E-state index contributed by atoms with van der Waals surface area (Å²) in [4.78, 5) is 11.9. The minimum atomic E-state index is -0.321. The number of nitrogens with one attached hydrogen (secondary N) is 2. The highest BCUT2D eigenvalue weighted by Gasteiger charge is 2.15. The average molecular weight is 247 g/mol. The van der Waals surface area contributed by atoms with Gasteiger partial charge in [0.05, 0.1) is 11.3 Å². The number of rotatable bonds is 3. The Hall–Kier alpha value is -2.17. The number of hydrogen-bond acceptors (Lipinski definition) is 2. The molecule has 1 heterocycles. The number of hydrogen-bond donors (Lipinski definition) is 2. The van der Waals surface area contributed by atoms with Gasteiger partial charge in [0, 0.05) is 17.8 Å². The molecule has 1 aromatic heterocycles. The number of aromatic nitrogens is 2. The van der Waals surface area contributed by atoms with Gasteiger partial charge < -0.3 is 5.32 Å². The number of H-pyrrole nitrogens is 1. The monoisotopic (exact) mass is 247 g/mol. The van der Waals surface area contributed by atoms with Crippen LogP contribution in [-0.2, 0) is 6.54 Å². The lowest BCUT2D eigenvalue weighted by atomic mass is 10.1. The summed E-state index contributed by atoms with van der Waals surface area (Å²) in [6.45, 7) is 3.69. The van der Waals surface area contributed by atoms with Crippen molar-refractivity contribution >= 4 is 5.91 Å². The zero-order valence-corrected chi connectivity index (χ0v) is 10.2. The number of carbonyl (C=O) groups excluding carboxylic acids is 1. The minimum Gasteiger partial charge on any atom is -0.348 e. The van der Waals surface area contributed by atoms with Crippen molar-refractivity contribution in [2.75, 3.05) is 0 Å². The Labute approximate surface area is 104 Å². The van der Waals surface area contributed by atoms with Crippen LogP contribution >= 0.6 is 0 Å².